The van der Waals surface area contributed by atoms with Crippen molar-refractivity contribution in [1.29, 1.82) is 0 Å². The van der Waals surface area contributed by atoms with Crippen LogP contribution in [0.2, 0.25) is 0 Å². The predicted octanol–water partition coefficient (Wildman–Crippen LogP) is 2.33. The van der Waals surface area contributed by atoms with Gasteiger partial charge in [0.2, 0.25) is 0 Å². The van der Waals surface area contributed by atoms with E-state index >= 15 is 0 Å². The highest BCUT2D eigenvalue weighted by molar-refractivity contribution is 5.45. The van der Waals surface area contributed by atoms with Gasteiger partial charge < -0.3 is 9.84 Å². The number of nitro benzene ring substituents is 1. The van der Waals surface area contributed by atoms with Crippen molar-refractivity contribution in [1.82, 2.24) is 0 Å². The molecule has 1 N–H and O–H groups in total. The zero-order chi connectivity index (χ0) is 13.3. The third kappa shape index (κ3) is 2.43. The predicted molar refractivity (Wildman–Crippen MR) is 62.1 cm³/mol. The number of aliphatic hydroxyl groups excluding tert-OH is 1. The lowest BCUT2D eigenvalue weighted by molar-refractivity contribution is -0.385. The quantitative estimate of drug-likeness (QED) is 0.664. The highest BCUT2D eigenvalue weighted by atomic mass is 19.1. The second kappa shape index (κ2) is 4.89. The molecule has 0 aliphatic heterocycles. The molecule has 0 spiro atoms. The van der Waals surface area contributed by atoms with Gasteiger partial charge in [0, 0.05) is 5.56 Å². The van der Waals surface area contributed by atoms with Gasteiger partial charge in [-0.15, -0.1) is 0 Å². The number of hydrogen-bond donors (Lipinski definition) is 1. The van der Waals surface area contributed by atoms with Gasteiger partial charge in [0.1, 0.15) is 6.10 Å². The van der Waals surface area contributed by atoms with Crippen molar-refractivity contribution in [2.45, 2.75) is 38.4 Å². The Morgan fingerprint density at radius 3 is 2.78 bits per heavy atom. The summed E-state index contributed by atoms with van der Waals surface area (Å²) in [5.74, 6) is -0.810. The molecule has 0 heterocycles. The first-order valence-corrected chi connectivity index (χ1v) is 5.78. The lowest BCUT2D eigenvalue weighted by Gasteiger charge is -2.17. The molecule has 0 bridgehead atoms. The van der Waals surface area contributed by atoms with Gasteiger partial charge in [0.25, 0.3) is 5.69 Å². The van der Waals surface area contributed by atoms with E-state index in [1.807, 2.05) is 0 Å². The average Bonchev–Trinajstić information content (AvgIpc) is 2.69. The molecule has 1 saturated carbocycles. The topological polar surface area (TPSA) is 72.6 Å². The van der Waals surface area contributed by atoms with Gasteiger partial charge in [-0.1, -0.05) is 0 Å². The molecule has 0 radical (unpaired) electrons. The fourth-order valence-electron chi connectivity index (χ4n) is 2.14. The Hall–Kier alpha value is -1.69. The summed E-state index contributed by atoms with van der Waals surface area (Å²) in [5, 5.41) is 20.2. The summed E-state index contributed by atoms with van der Waals surface area (Å²) in [6.07, 6.45) is 1.11. The summed E-state index contributed by atoms with van der Waals surface area (Å²) in [5.41, 5.74) is 0.0655. The van der Waals surface area contributed by atoms with Crippen molar-refractivity contribution in [3.63, 3.8) is 0 Å². The fourth-order valence-corrected chi connectivity index (χ4v) is 2.14. The van der Waals surface area contributed by atoms with Crippen LogP contribution in [0.15, 0.2) is 12.1 Å². The molecule has 2 rings (SSSR count). The summed E-state index contributed by atoms with van der Waals surface area (Å²) in [4.78, 5) is 10.0. The first kappa shape index (κ1) is 12.8. The van der Waals surface area contributed by atoms with Crippen LogP contribution in [-0.4, -0.2) is 22.2 Å². The molecule has 6 heteroatoms. The molecule has 2 atom stereocenters. The minimum absolute atomic E-state index is 0.0379. The van der Waals surface area contributed by atoms with Crippen LogP contribution in [0, 0.1) is 22.9 Å². The third-order valence-electron chi connectivity index (χ3n) is 3.14. The number of nitro groups is 1. The molecule has 0 unspecified atom stereocenters. The number of ether oxygens (including phenoxy) is 1. The molecule has 18 heavy (non-hydrogen) atoms. The van der Waals surface area contributed by atoms with Gasteiger partial charge >= 0.3 is 0 Å². The van der Waals surface area contributed by atoms with Crippen LogP contribution >= 0.6 is 0 Å². The van der Waals surface area contributed by atoms with Crippen molar-refractivity contribution in [3.8, 4) is 5.75 Å². The molecular formula is C12H14FNO4. The standard InChI is InChI=1S/C12H14FNO4/c1-7-5-12(8(13)6-9(7)14(16)17)18-11-4-2-3-10(11)15/h5-6,10-11,15H,2-4H2,1H3/t10-,11-/m1/s1. The maximum atomic E-state index is 13.7. The summed E-state index contributed by atoms with van der Waals surface area (Å²) in [6, 6.07) is 2.16. The SMILES string of the molecule is Cc1cc(O[C@@H]2CCC[C@H]2O)c(F)cc1[N+](=O)[O-]. The van der Waals surface area contributed by atoms with Crippen LogP contribution in [0.1, 0.15) is 24.8 Å². The lowest BCUT2D eigenvalue weighted by atomic mass is 10.2. The normalized spacial score (nSPS) is 23.1. The molecule has 1 aromatic rings. The van der Waals surface area contributed by atoms with E-state index in [-0.39, 0.29) is 11.4 Å². The molecule has 1 aliphatic rings. The highest BCUT2D eigenvalue weighted by Gasteiger charge is 2.28. The molecule has 5 nitrogen and oxygen atoms in total. The summed E-state index contributed by atoms with van der Waals surface area (Å²) >= 11 is 0. The lowest BCUT2D eigenvalue weighted by Crippen LogP contribution is -2.26. The number of nitrogens with zero attached hydrogens (tertiary/aromatic N) is 1. The van der Waals surface area contributed by atoms with Crippen LogP contribution in [0.3, 0.4) is 0 Å². The molecule has 0 saturated heterocycles. The van der Waals surface area contributed by atoms with Crippen LogP contribution in [0.25, 0.3) is 0 Å². The minimum Gasteiger partial charge on any atom is -0.485 e. The maximum absolute atomic E-state index is 13.7. The third-order valence-corrected chi connectivity index (χ3v) is 3.14. The van der Waals surface area contributed by atoms with Gasteiger partial charge in [-0.3, -0.25) is 10.1 Å². The molecule has 1 aromatic carbocycles. The molecule has 1 fully saturated rings. The summed E-state index contributed by atoms with van der Waals surface area (Å²) in [6.45, 7) is 1.52. The number of hydrogen-bond acceptors (Lipinski definition) is 4. The van der Waals surface area contributed by atoms with Crippen LogP contribution in [0.5, 0.6) is 5.75 Å². The Morgan fingerprint density at radius 1 is 1.50 bits per heavy atom. The van der Waals surface area contributed by atoms with Gasteiger partial charge in [0.05, 0.1) is 17.1 Å². The van der Waals surface area contributed by atoms with Gasteiger partial charge in [-0.05, 0) is 32.3 Å². The molecule has 0 amide bonds. The number of rotatable bonds is 3. The van der Waals surface area contributed by atoms with E-state index in [0.29, 0.717) is 18.4 Å². The molecule has 98 valence electrons. The van der Waals surface area contributed by atoms with Gasteiger partial charge in [-0.25, -0.2) is 4.39 Å². The van der Waals surface area contributed by atoms with Crippen LogP contribution < -0.4 is 4.74 Å². The monoisotopic (exact) mass is 255 g/mol. The van der Waals surface area contributed by atoms with Gasteiger partial charge in [-0.2, -0.15) is 0 Å². The second-order valence-electron chi connectivity index (χ2n) is 4.48. The van der Waals surface area contributed by atoms with Gasteiger partial charge in [0.15, 0.2) is 11.6 Å². The van der Waals surface area contributed by atoms with Crippen molar-refractivity contribution >= 4 is 5.69 Å². The van der Waals surface area contributed by atoms with E-state index in [2.05, 4.69) is 0 Å². The second-order valence-corrected chi connectivity index (χ2v) is 4.48. The zero-order valence-electron chi connectivity index (χ0n) is 9.93. The van der Waals surface area contributed by atoms with Crippen LogP contribution in [-0.2, 0) is 0 Å². The van der Waals surface area contributed by atoms with Crippen molar-refractivity contribution in [2.75, 3.05) is 0 Å². The highest BCUT2D eigenvalue weighted by Crippen LogP contribution is 2.30. The Labute approximate surface area is 103 Å². The Balaban J connectivity index is 2.23. The van der Waals surface area contributed by atoms with Crippen molar-refractivity contribution in [3.05, 3.63) is 33.6 Å². The van der Waals surface area contributed by atoms with E-state index in [1.165, 1.54) is 13.0 Å². The fraction of sp³-hybridized carbons (Fsp3) is 0.500. The number of aryl methyl sites for hydroxylation is 1. The molecule has 1 aliphatic carbocycles. The summed E-state index contributed by atoms with van der Waals surface area (Å²) < 4.78 is 19.0. The molecule has 0 aromatic heterocycles. The maximum Gasteiger partial charge on any atom is 0.275 e. The first-order valence-electron chi connectivity index (χ1n) is 5.78. The Kier molecular flexibility index (Phi) is 3.47. The Morgan fingerprint density at radius 2 is 2.22 bits per heavy atom. The summed E-state index contributed by atoms with van der Waals surface area (Å²) in [7, 11) is 0. The van der Waals surface area contributed by atoms with Crippen molar-refractivity contribution < 1.29 is 19.2 Å². The number of aliphatic hydroxyl groups is 1. The molecular weight excluding hydrogens is 241 g/mol. The zero-order valence-corrected chi connectivity index (χ0v) is 9.93. The minimum atomic E-state index is -0.772. The number of benzene rings is 1. The first-order chi connectivity index (χ1) is 8.49. The van der Waals surface area contributed by atoms with Crippen LogP contribution in [0.4, 0.5) is 10.1 Å². The van der Waals surface area contributed by atoms with E-state index in [4.69, 9.17) is 4.74 Å². The smallest absolute Gasteiger partial charge is 0.275 e. The van der Waals surface area contributed by atoms with E-state index in [1.54, 1.807) is 0 Å². The van der Waals surface area contributed by atoms with Crippen molar-refractivity contribution in [2.24, 2.45) is 0 Å². The van der Waals surface area contributed by atoms with E-state index in [9.17, 15) is 19.6 Å². The average molecular weight is 255 g/mol. The largest absolute Gasteiger partial charge is 0.485 e. The van der Waals surface area contributed by atoms with E-state index in [0.717, 1.165) is 12.5 Å². The number of halogens is 1. The Bertz CT molecular complexity index is 477. The van der Waals surface area contributed by atoms with E-state index < -0.39 is 22.9 Å².